The highest BCUT2D eigenvalue weighted by Crippen LogP contribution is 2.31. The number of halogens is 1. The molecule has 2 aliphatic heterocycles. The first-order valence-corrected chi connectivity index (χ1v) is 12.3. The maximum absolute atomic E-state index is 11.5. The topological polar surface area (TPSA) is 94.5 Å². The van der Waals surface area contributed by atoms with E-state index in [0.29, 0.717) is 35.8 Å². The van der Waals surface area contributed by atoms with Gasteiger partial charge >= 0.3 is 0 Å². The molecule has 0 aromatic carbocycles. The highest BCUT2D eigenvalue weighted by atomic mass is 35.5. The Morgan fingerprint density at radius 2 is 1.70 bits per heavy atom. The second kappa shape index (κ2) is 9.13. The number of rotatable bonds is 5. The Labute approximate surface area is 181 Å². The average molecular weight is 453 g/mol. The number of piperidine rings is 1. The predicted octanol–water partition coefficient (Wildman–Crippen LogP) is 2.90. The third-order valence-corrected chi connectivity index (χ3v) is 6.86. The van der Waals surface area contributed by atoms with Crippen molar-refractivity contribution < 1.29 is 17.9 Å². The van der Waals surface area contributed by atoms with E-state index in [0.717, 1.165) is 44.6 Å². The summed E-state index contributed by atoms with van der Waals surface area (Å²) >= 11 is 5.86. The van der Waals surface area contributed by atoms with Crippen LogP contribution in [0.5, 0.6) is 0 Å². The highest BCUT2D eigenvalue weighted by molar-refractivity contribution is 7.90. The van der Waals surface area contributed by atoms with Crippen molar-refractivity contribution in [2.75, 3.05) is 37.5 Å². The molecule has 162 valence electrons. The molecule has 4 heterocycles. The molecule has 0 N–H and O–H groups in total. The lowest BCUT2D eigenvalue weighted by molar-refractivity contribution is -0.209. The largest absolute Gasteiger partial charge is 0.347 e. The number of ether oxygens (including phenoxy) is 2. The molecule has 2 aliphatic rings. The first-order valence-electron chi connectivity index (χ1n) is 10.00. The maximum Gasteiger partial charge on any atom is 0.225 e. The van der Waals surface area contributed by atoms with Crippen molar-refractivity contribution in [3.63, 3.8) is 0 Å². The number of sulfone groups is 1. The van der Waals surface area contributed by atoms with E-state index < -0.39 is 16.1 Å². The summed E-state index contributed by atoms with van der Waals surface area (Å²) in [5.41, 5.74) is 0.595. The van der Waals surface area contributed by atoms with Gasteiger partial charge in [-0.05, 0) is 37.3 Å². The zero-order valence-electron chi connectivity index (χ0n) is 16.8. The van der Waals surface area contributed by atoms with Crippen LogP contribution in [0, 0.1) is 11.8 Å². The zero-order valence-corrected chi connectivity index (χ0v) is 18.3. The standard InChI is InChI=1S/C20H25ClN4O4S/c1-30(26,27)17-2-3-18(22-11-17)19-28-12-15(13-29-19)8-14-4-6-25(7-5-14)20-23-9-16(21)10-24-20/h2-3,9-11,14-15,19H,4-8,12-13H2,1H3/t15-,19+. The van der Waals surface area contributed by atoms with Crippen LogP contribution in [0.25, 0.3) is 0 Å². The summed E-state index contributed by atoms with van der Waals surface area (Å²) in [4.78, 5) is 15.2. The summed E-state index contributed by atoms with van der Waals surface area (Å²) in [6.07, 6.45) is 8.46. The summed E-state index contributed by atoms with van der Waals surface area (Å²) in [6, 6.07) is 3.19. The van der Waals surface area contributed by atoms with Crippen LogP contribution in [0.4, 0.5) is 5.95 Å². The van der Waals surface area contributed by atoms with E-state index in [4.69, 9.17) is 21.1 Å². The molecule has 0 atom stereocenters. The van der Waals surface area contributed by atoms with Crippen LogP contribution in [-0.4, -0.2) is 55.9 Å². The molecular formula is C20H25ClN4O4S. The van der Waals surface area contributed by atoms with Gasteiger partial charge in [-0.3, -0.25) is 4.98 Å². The first-order chi connectivity index (χ1) is 14.4. The fourth-order valence-electron chi connectivity index (χ4n) is 3.91. The van der Waals surface area contributed by atoms with Gasteiger partial charge in [0.2, 0.25) is 12.2 Å². The van der Waals surface area contributed by atoms with Crippen LogP contribution in [0.2, 0.25) is 5.02 Å². The van der Waals surface area contributed by atoms with Crippen molar-refractivity contribution >= 4 is 27.4 Å². The normalized spacial score (nSPS) is 23.5. The van der Waals surface area contributed by atoms with Gasteiger partial charge in [0.05, 0.1) is 41.2 Å². The van der Waals surface area contributed by atoms with Crippen LogP contribution >= 0.6 is 11.6 Å². The minimum Gasteiger partial charge on any atom is -0.347 e. The molecule has 4 rings (SSSR count). The van der Waals surface area contributed by atoms with Crippen LogP contribution < -0.4 is 4.90 Å². The van der Waals surface area contributed by atoms with Crippen molar-refractivity contribution in [2.45, 2.75) is 30.4 Å². The van der Waals surface area contributed by atoms with Crippen LogP contribution in [0.1, 0.15) is 31.2 Å². The van der Waals surface area contributed by atoms with E-state index in [1.165, 1.54) is 12.3 Å². The number of anilines is 1. The second-order valence-electron chi connectivity index (χ2n) is 7.92. The molecule has 0 radical (unpaired) electrons. The Bertz CT molecular complexity index is 940. The third kappa shape index (κ3) is 5.26. The van der Waals surface area contributed by atoms with E-state index in [1.807, 2.05) is 0 Å². The van der Waals surface area contributed by atoms with Crippen molar-refractivity contribution in [1.82, 2.24) is 15.0 Å². The Kier molecular flexibility index (Phi) is 6.52. The third-order valence-electron chi connectivity index (χ3n) is 5.57. The van der Waals surface area contributed by atoms with Crippen LogP contribution in [-0.2, 0) is 19.3 Å². The maximum atomic E-state index is 11.5. The molecule has 0 bridgehead atoms. The minimum atomic E-state index is -3.26. The summed E-state index contributed by atoms with van der Waals surface area (Å²) in [5.74, 6) is 1.70. The number of hydrogen-bond donors (Lipinski definition) is 0. The van der Waals surface area contributed by atoms with Gasteiger partial charge in [-0.25, -0.2) is 18.4 Å². The monoisotopic (exact) mass is 452 g/mol. The molecule has 0 spiro atoms. The molecule has 0 unspecified atom stereocenters. The summed E-state index contributed by atoms with van der Waals surface area (Å²) < 4.78 is 34.8. The zero-order chi connectivity index (χ0) is 21.1. The first kappa shape index (κ1) is 21.4. The average Bonchev–Trinajstić information content (AvgIpc) is 2.75. The molecule has 8 nitrogen and oxygen atoms in total. The number of nitrogens with zero attached hydrogens (tertiary/aromatic N) is 4. The lowest BCUT2D eigenvalue weighted by Crippen LogP contribution is -2.37. The Balaban J connectivity index is 1.23. The van der Waals surface area contributed by atoms with Gasteiger partial charge in [-0.2, -0.15) is 0 Å². The Morgan fingerprint density at radius 1 is 1.03 bits per heavy atom. The molecule has 2 aromatic rings. The van der Waals surface area contributed by atoms with E-state index in [9.17, 15) is 8.42 Å². The smallest absolute Gasteiger partial charge is 0.225 e. The van der Waals surface area contributed by atoms with Gasteiger partial charge in [0.25, 0.3) is 0 Å². The van der Waals surface area contributed by atoms with Gasteiger partial charge in [0, 0.05) is 31.5 Å². The molecule has 2 aromatic heterocycles. The highest BCUT2D eigenvalue weighted by Gasteiger charge is 2.29. The minimum absolute atomic E-state index is 0.190. The van der Waals surface area contributed by atoms with Gasteiger partial charge in [-0.15, -0.1) is 0 Å². The Hall–Kier alpha value is -1.81. The molecule has 2 saturated heterocycles. The molecule has 2 fully saturated rings. The number of hydrogen-bond acceptors (Lipinski definition) is 8. The lowest BCUT2D eigenvalue weighted by Gasteiger charge is -2.35. The summed E-state index contributed by atoms with van der Waals surface area (Å²) in [5, 5.41) is 0.547. The summed E-state index contributed by atoms with van der Waals surface area (Å²) in [7, 11) is -3.26. The quantitative estimate of drug-likeness (QED) is 0.683. The van der Waals surface area contributed by atoms with Crippen molar-refractivity contribution in [1.29, 1.82) is 0 Å². The predicted molar refractivity (Wildman–Crippen MR) is 112 cm³/mol. The van der Waals surface area contributed by atoms with Gasteiger partial charge in [-0.1, -0.05) is 11.6 Å². The van der Waals surface area contributed by atoms with Crippen LogP contribution in [0.15, 0.2) is 35.6 Å². The molecule has 0 aliphatic carbocycles. The molecule has 0 amide bonds. The molecular weight excluding hydrogens is 428 g/mol. The van der Waals surface area contributed by atoms with E-state index >= 15 is 0 Å². The molecule has 10 heteroatoms. The lowest BCUT2D eigenvalue weighted by atomic mass is 9.87. The van der Waals surface area contributed by atoms with Crippen LogP contribution in [0.3, 0.4) is 0 Å². The van der Waals surface area contributed by atoms with Gasteiger partial charge in [0.15, 0.2) is 9.84 Å². The molecule has 0 saturated carbocycles. The number of pyridine rings is 1. The van der Waals surface area contributed by atoms with Gasteiger partial charge in [0.1, 0.15) is 0 Å². The van der Waals surface area contributed by atoms with Crippen molar-refractivity contribution in [3.05, 3.63) is 41.4 Å². The second-order valence-corrected chi connectivity index (χ2v) is 10.4. The SMILES string of the molecule is CS(=O)(=O)c1ccc([C@H]2OC[C@@H](CC3CCN(c4ncc(Cl)cn4)CC3)CO2)nc1. The van der Waals surface area contributed by atoms with E-state index in [1.54, 1.807) is 18.5 Å². The van der Waals surface area contributed by atoms with Gasteiger partial charge < -0.3 is 14.4 Å². The molecule has 30 heavy (non-hydrogen) atoms. The fraction of sp³-hybridized carbons (Fsp3) is 0.550. The van der Waals surface area contributed by atoms with E-state index in [2.05, 4.69) is 19.9 Å². The fourth-order valence-corrected chi connectivity index (χ4v) is 4.57. The van der Waals surface area contributed by atoms with Crippen molar-refractivity contribution in [2.24, 2.45) is 11.8 Å². The number of aromatic nitrogens is 3. The Morgan fingerprint density at radius 3 is 2.27 bits per heavy atom. The summed E-state index contributed by atoms with van der Waals surface area (Å²) in [6.45, 7) is 3.08. The van der Waals surface area contributed by atoms with Crippen molar-refractivity contribution in [3.8, 4) is 0 Å². The van der Waals surface area contributed by atoms with E-state index in [-0.39, 0.29) is 4.90 Å².